The van der Waals surface area contributed by atoms with Gasteiger partial charge in [-0.1, -0.05) is 25.1 Å². The Morgan fingerprint density at radius 3 is 2.84 bits per heavy atom. The number of amides is 1. The largest absolute Gasteiger partial charge is 0.369 e. The van der Waals surface area contributed by atoms with Gasteiger partial charge in [-0.2, -0.15) is 0 Å². The Morgan fingerprint density at radius 1 is 1.13 bits per heavy atom. The number of pyridine rings is 2. The number of benzene rings is 1. The molecule has 0 aliphatic carbocycles. The number of rotatable bonds is 6. The van der Waals surface area contributed by atoms with Crippen LogP contribution in [0.5, 0.6) is 0 Å². The lowest BCUT2D eigenvalue weighted by molar-refractivity contribution is 0.0964. The second kappa shape index (κ2) is 8.87. The minimum absolute atomic E-state index is 0.0246. The molecule has 0 aliphatic heterocycles. The summed E-state index contributed by atoms with van der Waals surface area (Å²) in [7, 11) is 0. The third kappa shape index (κ3) is 4.35. The third-order valence-electron chi connectivity index (χ3n) is 5.15. The minimum Gasteiger partial charge on any atom is -0.369 e. The third-order valence-corrected chi connectivity index (χ3v) is 5.15. The van der Waals surface area contributed by atoms with Crippen LogP contribution >= 0.6 is 0 Å². The quantitative estimate of drug-likeness (QED) is 0.495. The van der Waals surface area contributed by atoms with Crippen molar-refractivity contribution in [1.29, 1.82) is 0 Å². The Bertz CT molecular complexity index is 1320. The topological polar surface area (TPSA) is 92.7 Å². The average Bonchev–Trinajstić information content (AvgIpc) is 2.81. The van der Waals surface area contributed by atoms with Gasteiger partial charge in [0.25, 0.3) is 5.91 Å². The molecule has 0 fully saturated rings. The molecule has 3 heterocycles. The zero-order valence-electron chi connectivity index (χ0n) is 20.3. The number of para-hydroxylation sites is 1. The Kier molecular flexibility index (Phi) is 4.83. The van der Waals surface area contributed by atoms with E-state index >= 15 is 0 Å². The van der Waals surface area contributed by atoms with Gasteiger partial charge in [0, 0.05) is 58.7 Å². The number of anilines is 1. The maximum Gasteiger partial charge on any atom is 0.251 e. The molecule has 1 aromatic carbocycles. The average molecular weight is 416 g/mol. The molecule has 3 aromatic heterocycles. The van der Waals surface area contributed by atoms with E-state index < -0.39 is 12.9 Å². The van der Waals surface area contributed by atoms with E-state index in [1.165, 1.54) is 18.6 Å². The summed E-state index contributed by atoms with van der Waals surface area (Å²) < 4.78 is 21.9. The first-order valence-electron chi connectivity index (χ1n) is 11.4. The molecule has 0 bridgehead atoms. The van der Waals surface area contributed by atoms with Crippen molar-refractivity contribution in [3.8, 4) is 11.3 Å². The number of carbonyl (C=O) groups is 1. The number of nitrogens with zero attached hydrogens (tertiary/aromatic N) is 4. The van der Waals surface area contributed by atoms with Gasteiger partial charge < -0.3 is 10.6 Å². The molecule has 0 saturated heterocycles. The van der Waals surface area contributed by atoms with E-state index in [1.54, 1.807) is 12.3 Å². The smallest absolute Gasteiger partial charge is 0.251 e. The van der Waals surface area contributed by atoms with Crippen LogP contribution in [0.2, 0.25) is 0 Å². The van der Waals surface area contributed by atoms with Gasteiger partial charge in [-0.15, -0.1) is 0 Å². The number of aryl methyl sites for hydroxylation is 1. The highest BCUT2D eigenvalue weighted by molar-refractivity contribution is 6.06. The van der Waals surface area contributed by atoms with Crippen molar-refractivity contribution in [3.63, 3.8) is 0 Å². The summed E-state index contributed by atoms with van der Waals surface area (Å²) in [5.41, 5.74) is 4.48. The number of hydrogen-bond acceptors (Lipinski definition) is 6. The van der Waals surface area contributed by atoms with E-state index in [0.29, 0.717) is 23.3 Å². The molecule has 0 radical (unpaired) electrons. The van der Waals surface area contributed by atoms with Crippen molar-refractivity contribution in [2.75, 3.05) is 18.8 Å². The van der Waals surface area contributed by atoms with Gasteiger partial charge in [-0.05, 0) is 30.7 Å². The molecule has 31 heavy (non-hydrogen) atoms. The van der Waals surface area contributed by atoms with Crippen LogP contribution in [0.15, 0.2) is 61.2 Å². The molecule has 156 valence electrons. The van der Waals surface area contributed by atoms with Crippen LogP contribution in [-0.2, 0) is 0 Å². The van der Waals surface area contributed by atoms with Crippen LogP contribution in [0.1, 0.15) is 38.6 Å². The standard InChI is InChI=1S/C24H24N6O/c1-15(18-5-4-6-19-20(24(31)25-3)9-10-26-23(18)19)12-28-22-11-21(29-14-30-22)17-8-7-16(2)27-13-17/h4-11,13-15H,12H2,1-3H3,(H,25,31)(H,28,29,30)/t15-/m1/s1/i3D3. The minimum atomic E-state index is -2.56. The van der Waals surface area contributed by atoms with Crippen LogP contribution < -0.4 is 10.6 Å². The SMILES string of the molecule is [2H]C([2H])([2H])NC(=O)c1ccnc2c([C@H](C)CNc3cc(-c4ccc(C)nc4)ncn3)cccc12. The number of aromatic nitrogens is 4. The van der Waals surface area contributed by atoms with E-state index in [4.69, 9.17) is 4.11 Å². The molecule has 0 unspecified atom stereocenters. The van der Waals surface area contributed by atoms with Crippen molar-refractivity contribution in [3.05, 3.63) is 78.0 Å². The zero-order valence-corrected chi connectivity index (χ0v) is 17.3. The molecule has 4 rings (SSSR count). The zero-order chi connectivity index (χ0) is 24.3. The first-order valence-corrected chi connectivity index (χ1v) is 9.90. The predicted molar refractivity (Wildman–Crippen MR) is 122 cm³/mol. The summed E-state index contributed by atoms with van der Waals surface area (Å²) in [6, 6.07) is 12.9. The van der Waals surface area contributed by atoms with Crippen molar-refractivity contribution in [1.82, 2.24) is 25.3 Å². The van der Waals surface area contributed by atoms with Crippen LogP contribution in [0.4, 0.5) is 5.82 Å². The molecular formula is C24H24N6O. The van der Waals surface area contributed by atoms with Crippen molar-refractivity contribution in [2.24, 2.45) is 0 Å². The summed E-state index contributed by atoms with van der Waals surface area (Å²) >= 11 is 0. The lowest BCUT2D eigenvalue weighted by Gasteiger charge is -2.16. The Labute approximate surface area is 185 Å². The molecular weight excluding hydrogens is 388 g/mol. The molecule has 1 atom stereocenters. The maximum absolute atomic E-state index is 12.5. The summed E-state index contributed by atoms with van der Waals surface area (Å²) in [6.45, 7) is 1.98. The lowest BCUT2D eigenvalue weighted by Crippen LogP contribution is -2.18. The van der Waals surface area contributed by atoms with Crippen molar-refractivity contribution in [2.45, 2.75) is 19.8 Å². The molecule has 4 aromatic rings. The van der Waals surface area contributed by atoms with Crippen molar-refractivity contribution < 1.29 is 8.91 Å². The van der Waals surface area contributed by atoms with Crippen LogP contribution in [0, 0.1) is 6.92 Å². The van der Waals surface area contributed by atoms with Crippen LogP contribution in [0.25, 0.3) is 22.2 Å². The fourth-order valence-corrected chi connectivity index (χ4v) is 3.46. The molecule has 7 heteroatoms. The summed E-state index contributed by atoms with van der Waals surface area (Å²) in [5.74, 6) is 0.0504. The fraction of sp³-hybridized carbons (Fsp3) is 0.208. The first kappa shape index (κ1) is 16.9. The summed E-state index contributed by atoms with van der Waals surface area (Å²) in [6.07, 6.45) is 4.82. The molecule has 0 spiro atoms. The van der Waals surface area contributed by atoms with Gasteiger partial charge in [0.1, 0.15) is 12.1 Å². The van der Waals surface area contributed by atoms with Crippen LogP contribution in [0.3, 0.4) is 0 Å². The molecule has 7 nitrogen and oxygen atoms in total. The molecule has 0 saturated carbocycles. The van der Waals surface area contributed by atoms with Crippen molar-refractivity contribution >= 4 is 22.6 Å². The normalized spacial score (nSPS) is 13.7. The van der Waals surface area contributed by atoms with E-state index in [0.717, 1.165) is 22.5 Å². The second-order valence-corrected chi connectivity index (χ2v) is 7.31. The Hall–Kier alpha value is -3.87. The number of fused-ring (bicyclic) bond motifs is 1. The second-order valence-electron chi connectivity index (χ2n) is 7.31. The van der Waals surface area contributed by atoms with Gasteiger partial charge in [0.2, 0.25) is 0 Å². The van der Waals surface area contributed by atoms with E-state index in [9.17, 15) is 4.79 Å². The van der Waals surface area contributed by atoms with E-state index in [1.807, 2.05) is 49.5 Å². The predicted octanol–water partition coefficient (Wildman–Crippen LogP) is 3.97. The lowest BCUT2D eigenvalue weighted by atomic mass is 9.96. The van der Waals surface area contributed by atoms with E-state index in [2.05, 4.69) is 25.3 Å². The molecule has 0 aliphatic rings. The van der Waals surface area contributed by atoms with Gasteiger partial charge in [0.15, 0.2) is 0 Å². The number of hydrogen-bond donors (Lipinski definition) is 2. The maximum atomic E-state index is 12.5. The number of nitrogens with one attached hydrogen (secondary N) is 2. The molecule has 2 N–H and O–H groups in total. The highest BCUT2D eigenvalue weighted by Gasteiger charge is 2.15. The Morgan fingerprint density at radius 2 is 2.03 bits per heavy atom. The van der Waals surface area contributed by atoms with Crippen LogP contribution in [-0.4, -0.2) is 39.4 Å². The van der Waals surface area contributed by atoms with Gasteiger partial charge in [-0.3, -0.25) is 14.8 Å². The van der Waals surface area contributed by atoms with Gasteiger partial charge >= 0.3 is 0 Å². The van der Waals surface area contributed by atoms with Gasteiger partial charge in [0.05, 0.1) is 16.8 Å². The Balaban J connectivity index is 1.54. The van der Waals surface area contributed by atoms with Gasteiger partial charge in [-0.25, -0.2) is 9.97 Å². The summed E-state index contributed by atoms with van der Waals surface area (Å²) in [5, 5.41) is 5.99. The monoisotopic (exact) mass is 415 g/mol. The number of carbonyl (C=O) groups excluding carboxylic acids is 1. The highest BCUT2D eigenvalue weighted by atomic mass is 16.1. The summed E-state index contributed by atoms with van der Waals surface area (Å²) in [4.78, 5) is 30.0. The highest BCUT2D eigenvalue weighted by Crippen LogP contribution is 2.27. The van der Waals surface area contributed by atoms with E-state index in [-0.39, 0.29) is 11.5 Å². The fourth-order valence-electron chi connectivity index (χ4n) is 3.46. The first-order chi connectivity index (χ1) is 16.2. The molecule has 1 amide bonds.